The lowest BCUT2D eigenvalue weighted by Gasteiger charge is -2.05. The van der Waals surface area contributed by atoms with Gasteiger partial charge in [-0.05, 0) is 37.1 Å². The number of unbranched alkanes of at least 4 members (excludes halogenated alkanes) is 1. The SMILES string of the molecule is CCCCc1cc(Cl)nn2c(-c3cc(F)ccc3F)nnc12. The summed E-state index contributed by atoms with van der Waals surface area (Å²) in [4.78, 5) is 0. The molecule has 0 unspecified atom stereocenters. The fourth-order valence-electron chi connectivity index (χ4n) is 2.30. The van der Waals surface area contributed by atoms with E-state index >= 15 is 0 Å². The van der Waals surface area contributed by atoms with Crippen LogP contribution in [0.4, 0.5) is 8.78 Å². The van der Waals surface area contributed by atoms with Crippen LogP contribution < -0.4 is 0 Å². The molecule has 22 heavy (non-hydrogen) atoms. The molecular weight excluding hydrogens is 310 g/mol. The van der Waals surface area contributed by atoms with Gasteiger partial charge in [0.2, 0.25) is 0 Å². The molecule has 7 heteroatoms. The van der Waals surface area contributed by atoms with Crippen molar-refractivity contribution in [3.8, 4) is 11.4 Å². The Morgan fingerprint density at radius 1 is 1.18 bits per heavy atom. The van der Waals surface area contributed by atoms with Gasteiger partial charge in [0.05, 0.1) is 5.56 Å². The first-order valence-corrected chi connectivity index (χ1v) is 7.34. The third-order valence-electron chi connectivity index (χ3n) is 3.39. The van der Waals surface area contributed by atoms with E-state index in [0.29, 0.717) is 5.65 Å². The molecule has 0 saturated carbocycles. The zero-order valence-electron chi connectivity index (χ0n) is 11.9. The average Bonchev–Trinajstić information content (AvgIpc) is 2.90. The fraction of sp³-hybridized carbons (Fsp3) is 0.267. The second-order valence-electron chi connectivity index (χ2n) is 4.98. The Kier molecular flexibility index (Phi) is 4.02. The molecule has 2 heterocycles. The van der Waals surface area contributed by atoms with Gasteiger partial charge in [-0.15, -0.1) is 10.2 Å². The monoisotopic (exact) mass is 322 g/mol. The molecule has 0 aliphatic heterocycles. The molecule has 1 aromatic carbocycles. The van der Waals surface area contributed by atoms with Gasteiger partial charge >= 0.3 is 0 Å². The molecule has 114 valence electrons. The first-order valence-electron chi connectivity index (χ1n) is 6.96. The van der Waals surface area contributed by atoms with Gasteiger partial charge in [-0.3, -0.25) is 0 Å². The standard InChI is InChI=1S/C15H13ClF2N4/c1-2-3-4-9-7-13(16)21-22-14(9)19-20-15(22)11-8-10(17)5-6-12(11)18/h5-8H,2-4H2,1H3. The highest BCUT2D eigenvalue weighted by Gasteiger charge is 2.17. The highest BCUT2D eigenvalue weighted by Crippen LogP contribution is 2.25. The summed E-state index contributed by atoms with van der Waals surface area (Å²) in [6, 6.07) is 4.90. The molecule has 0 radical (unpaired) electrons. The fourth-order valence-corrected chi connectivity index (χ4v) is 2.50. The normalized spacial score (nSPS) is 11.3. The summed E-state index contributed by atoms with van der Waals surface area (Å²) in [5, 5.41) is 12.4. The van der Waals surface area contributed by atoms with Gasteiger partial charge < -0.3 is 0 Å². The van der Waals surface area contributed by atoms with E-state index in [-0.39, 0.29) is 16.5 Å². The molecule has 0 N–H and O–H groups in total. The Balaban J connectivity index is 2.20. The van der Waals surface area contributed by atoms with Crippen LogP contribution in [0.5, 0.6) is 0 Å². The van der Waals surface area contributed by atoms with Crippen LogP contribution in [0.1, 0.15) is 25.3 Å². The predicted octanol–water partition coefficient (Wildman–Crippen LogP) is 4.07. The molecule has 0 bridgehead atoms. The highest BCUT2D eigenvalue weighted by atomic mass is 35.5. The largest absolute Gasteiger partial charge is 0.207 e. The summed E-state index contributed by atoms with van der Waals surface area (Å²) in [7, 11) is 0. The summed E-state index contributed by atoms with van der Waals surface area (Å²) in [6.45, 7) is 2.08. The van der Waals surface area contributed by atoms with Crippen LogP contribution >= 0.6 is 11.6 Å². The number of aromatic nitrogens is 4. The van der Waals surface area contributed by atoms with E-state index in [1.807, 2.05) is 0 Å². The Labute approximate surface area is 130 Å². The van der Waals surface area contributed by atoms with Crippen LogP contribution in [-0.2, 0) is 6.42 Å². The number of halogens is 3. The number of benzene rings is 1. The van der Waals surface area contributed by atoms with Gasteiger partial charge in [-0.2, -0.15) is 9.61 Å². The van der Waals surface area contributed by atoms with Crippen molar-refractivity contribution in [1.82, 2.24) is 19.8 Å². The van der Waals surface area contributed by atoms with Crippen molar-refractivity contribution in [2.45, 2.75) is 26.2 Å². The van der Waals surface area contributed by atoms with Crippen molar-refractivity contribution >= 4 is 17.2 Å². The van der Waals surface area contributed by atoms with Gasteiger partial charge in [0.25, 0.3) is 0 Å². The van der Waals surface area contributed by atoms with Gasteiger partial charge in [-0.1, -0.05) is 24.9 Å². The van der Waals surface area contributed by atoms with Crippen LogP contribution in [0.15, 0.2) is 24.3 Å². The zero-order valence-corrected chi connectivity index (χ0v) is 12.6. The van der Waals surface area contributed by atoms with Crippen LogP contribution in [0, 0.1) is 11.6 Å². The maximum atomic E-state index is 14.0. The Bertz CT molecular complexity index is 832. The third kappa shape index (κ3) is 2.66. The second kappa shape index (κ2) is 5.96. The smallest absolute Gasteiger partial charge is 0.188 e. The van der Waals surface area contributed by atoms with E-state index in [2.05, 4.69) is 22.2 Å². The van der Waals surface area contributed by atoms with Crippen molar-refractivity contribution in [3.05, 3.63) is 46.6 Å². The molecule has 0 fully saturated rings. The lowest BCUT2D eigenvalue weighted by molar-refractivity contribution is 0.601. The van der Waals surface area contributed by atoms with Crippen LogP contribution in [0.25, 0.3) is 17.0 Å². The van der Waals surface area contributed by atoms with Crippen molar-refractivity contribution in [2.75, 3.05) is 0 Å². The molecule has 4 nitrogen and oxygen atoms in total. The summed E-state index contributed by atoms with van der Waals surface area (Å²) in [6.07, 6.45) is 2.75. The highest BCUT2D eigenvalue weighted by molar-refractivity contribution is 6.29. The summed E-state index contributed by atoms with van der Waals surface area (Å²) < 4.78 is 28.7. The number of nitrogens with zero attached hydrogens (tertiary/aromatic N) is 4. The molecule has 0 amide bonds. The molecule has 2 aromatic heterocycles. The molecule has 3 rings (SSSR count). The zero-order chi connectivity index (χ0) is 15.7. The summed E-state index contributed by atoms with van der Waals surface area (Å²) in [5.74, 6) is -1.01. The minimum atomic E-state index is -0.590. The van der Waals surface area contributed by atoms with Crippen LogP contribution in [0.3, 0.4) is 0 Å². The molecule has 0 atom stereocenters. The maximum absolute atomic E-state index is 14.0. The van der Waals surface area contributed by atoms with E-state index in [1.165, 1.54) is 4.52 Å². The van der Waals surface area contributed by atoms with E-state index < -0.39 is 11.6 Å². The average molecular weight is 323 g/mol. The molecule has 0 saturated heterocycles. The quantitative estimate of drug-likeness (QED) is 0.727. The number of fused-ring (bicyclic) bond motifs is 1. The molecule has 0 aliphatic carbocycles. The maximum Gasteiger partial charge on any atom is 0.188 e. The lowest BCUT2D eigenvalue weighted by atomic mass is 10.1. The van der Waals surface area contributed by atoms with Gasteiger partial charge in [0.1, 0.15) is 11.6 Å². The van der Waals surface area contributed by atoms with Gasteiger partial charge in [0.15, 0.2) is 16.6 Å². The summed E-state index contributed by atoms with van der Waals surface area (Å²) in [5.41, 5.74) is 1.40. The summed E-state index contributed by atoms with van der Waals surface area (Å²) >= 11 is 6.03. The van der Waals surface area contributed by atoms with Gasteiger partial charge in [-0.25, -0.2) is 8.78 Å². The van der Waals surface area contributed by atoms with Crippen molar-refractivity contribution in [1.29, 1.82) is 0 Å². The lowest BCUT2D eigenvalue weighted by Crippen LogP contribution is -2.01. The molecule has 3 aromatic rings. The van der Waals surface area contributed by atoms with Gasteiger partial charge in [0, 0.05) is 5.56 Å². The minimum Gasteiger partial charge on any atom is -0.207 e. The van der Waals surface area contributed by atoms with Crippen molar-refractivity contribution in [2.24, 2.45) is 0 Å². The third-order valence-corrected chi connectivity index (χ3v) is 3.57. The van der Waals surface area contributed by atoms with Crippen molar-refractivity contribution in [3.63, 3.8) is 0 Å². The van der Waals surface area contributed by atoms with Crippen molar-refractivity contribution < 1.29 is 8.78 Å². The Morgan fingerprint density at radius 3 is 2.77 bits per heavy atom. The predicted molar refractivity (Wildman–Crippen MR) is 79.8 cm³/mol. The van der Waals surface area contributed by atoms with Crippen LogP contribution in [-0.4, -0.2) is 19.8 Å². The number of aryl methyl sites for hydroxylation is 1. The van der Waals surface area contributed by atoms with E-state index in [0.717, 1.165) is 43.0 Å². The molecule has 0 aliphatic rings. The Hall–Kier alpha value is -2.08. The van der Waals surface area contributed by atoms with E-state index in [9.17, 15) is 8.78 Å². The minimum absolute atomic E-state index is 0.00343. The van der Waals surface area contributed by atoms with E-state index in [4.69, 9.17) is 11.6 Å². The first kappa shape index (κ1) is 14.8. The number of hydrogen-bond donors (Lipinski definition) is 0. The Morgan fingerprint density at radius 2 is 2.00 bits per heavy atom. The molecule has 0 spiro atoms. The second-order valence-corrected chi connectivity index (χ2v) is 5.37. The topological polar surface area (TPSA) is 43.1 Å². The van der Waals surface area contributed by atoms with E-state index in [1.54, 1.807) is 6.07 Å². The number of rotatable bonds is 4. The molecular formula is C15H13ClF2N4. The number of hydrogen-bond acceptors (Lipinski definition) is 3. The first-order chi connectivity index (χ1) is 10.6. The van der Waals surface area contributed by atoms with Crippen LogP contribution in [0.2, 0.25) is 5.15 Å².